The summed E-state index contributed by atoms with van der Waals surface area (Å²) < 4.78 is 0. The average Bonchev–Trinajstić information content (AvgIpc) is 2.99. The molecule has 1 aromatic carbocycles. The maximum atomic E-state index is 4.52. The molecule has 4 nitrogen and oxygen atoms in total. The van der Waals surface area contributed by atoms with E-state index in [9.17, 15) is 0 Å². The summed E-state index contributed by atoms with van der Waals surface area (Å²) in [6, 6.07) is 10.8. The number of fused-ring (bicyclic) bond motifs is 1. The molecule has 0 radical (unpaired) electrons. The summed E-state index contributed by atoms with van der Waals surface area (Å²) in [4.78, 5) is 11.9. The van der Waals surface area contributed by atoms with Crippen LogP contribution in [0.4, 0.5) is 0 Å². The number of aromatic amines is 1. The minimum absolute atomic E-state index is 0.205. The van der Waals surface area contributed by atoms with Gasteiger partial charge >= 0.3 is 0 Å². The van der Waals surface area contributed by atoms with Gasteiger partial charge < -0.3 is 10.3 Å². The first kappa shape index (κ1) is 12.8. The molecule has 20 heavy (non-hydrogen) atoms. The van der Waals surface area contributed by atoms with Crippen LogP contribution in [-0.4, -0.2) is 15.0 Å². The number of hydrogen-bond acceptors (Lipinski definition) is 3. The molecular weight excluding hydrogens is 248 g/mol. The van der Waals surface area contributed by atoms with E-state index >= 15 is 0 Å². The van der Waals surface area contributed by atoms with Crippen molar-refractivity contribution in [2.24, 2.45) is 0 Å². The zero-order valence-electron chi connectivity index (χ0n) is 11.7. The van der Waals surface area contributed by atoms with Crippen molar-refractivity contribution in [2.75, 3.05) is 0 Å². The summed E-state index contributed by atoms with van der Waals surface area (Å²) in [5.41, 5.74) is 3.35. The topological polar surface area (TPSA) is 53.6 Å². The predicted molar refractivity (Wildman–Crippen MR) is 80.3 cm³/mol. The van der Waals surface area contributed by atoms with E-state index < -0.39 is 0 Å². The molecule has 0 amide bonds. The van der Waals surface area contributed by atoms with E-state index in [1.54, 1.807) is 6.20 Å². The third kappa shape index (κ3) is 2.70. The summed E-state index contributed by atoms with van der Waals surface area (Å²) in [5, 5.41) is 4.64. The molecule has 0 bridgehead atoms. The Labute approximate surface area is 118 Å². The van der Waals surface area contributed by atoms with Gasteiger partial charge in [0.25, 0.3) is 0 Å². The fraction of sp³-hybridized carbons (Fsp3) is 0.250. The maximum Gasteiger partial charge on any atom is 0.122 e. The molecule has 2 aromatic heterocycles. The third-order valence-corrected chi connectivity index (χ3v) is 3.43. The average molecular weight is 266 g/mol. The SMILES string of the molecule is Cc1ccc2cc(CNC(C)c3ncc[nH]3)ccc2n1. The highest BCUT2D eigenvalue weighted by atomic mass is 15.0. The molecule has 4 heteroatoms. The van der Waals surface area contributed by atoms with E-state index in [0.29, 0.717) is 0 Å². The molecule has 2 heterocycles. The van der Waals surface area contributed by atoms with Gasteiger partial charge in [0.2, 0.25) is 0 Å². The van der Waals surface area contributed by atoms with Crippen molar-refractivity contribution in [1.29, 1.82) is 0 Å². The van der Waals surface area contributed by atoms with Gasteiger partial charge in [-0.2, -0.15) is 0 Å². The number of imidazole rings is 1. The van der Waals surface area contributed by atoms with Crippen LogP contribution in [-0.2, 0) is 6.54 Å². The van der Waals surface area contributed by atoms with Crippen molar-refractivity contribution in [3.63, 3.8) is 0 Å². The van der Waals surface area contributed by atoms with Gasteiger partial charge in [0.05, 0.1) is 11.6 Å². The summed E-state index contributed by atoms with van der Waals surface area (Å²) in [5.74, 6) is 0.961. The summed E-state index contributed by atoms with van der Waals surface area (Å²) >= 11 is 0. The zero-order chi connectivity index (χ0) is 13.9. The molecule has 0 saturated carbocycles. The second-order valence-corrected chi connectivity index (χ2v) is 5.06. The Balaban J connectivity index is 1.73. The Hall–Kier alpha value is -2.20. The molecule has 102 valence electrons. The molecule has 2 N–H and O–H groups in total. The zero-order valence-corrected chi connectivity index (χ0v) is 11.7. The second kappa shape index (κ2) is 5.43. The van der Waals surface area contributed by atoms with Gasteiger partial charge in [-0.15, -0.1) is 0 Å². The number of benzene rings is 1. The molecule has 1 unspecified atom stereocenters. The van der Waals surface area contributed by atoms with Gasteiger partial charge in [0.15, 0.2) is 0 Å². The van der Waals surface area contributed by atoms with Crippen LogP contribution in [0.5, 0.6) is 0 Å². The Bertz CT molecular complexity index is 704. The highest BCUT2D eigenvalue weighted by molar-refractivity contribution is 5.79. The largest absolute Gasteiger partial charge is 0.347 e. The van der Waals surface area contributed by atoms with Crippen molar-refractivity contribution < 1.29 is 0 Å². The van der Waals surface area contributed by atoms with Crippen molar-refractivity contribution in [3.05, 3.63) is 59.8 Å². The van der Waals surface area contributed by atoms with Gasteiger partial charge in [0.1, 0.15) is 5.82 Å². The predicted octanol–water partition coefficient (Wildman–Crippen LogP) is 3.12. The van der Waals surface area contributed by atoms with Gasteiger partial charge in [-0.05, 0) is 37.6 Å². The van der Waals surface area contributed by atoms with Gasteiger partial charge in [0, 0.05) is 30.0 Å². The van der Waals surface area contributed by atoms with Crippen molar-refractivity contribution in [3.8, 4) is 0 Å². The van der Waals surface area contributed by atoms with Crippen molar-refractivity contribution in [1.82, 2.24) is 20.3 Å². The normalized spacial score (nSPS) is 12.7. The highest BCUT2D eigenvalue weighted by Gasteiger charge is 2.06. The Morgan fingerprint density at radius 3 is 2.95 bits per heavy atom. The van der Waals surface area contributed by atoms with Crippen LogP contribution < -0.4 is 5.32 Å². The summed E-state index contributed by atoms with van der Waals surface area (Å²) in [6.45, 7) is 4.93. The van der Waals surface area contributed by atoms with E-state index in [-0.39, 0.29) is 6.04 Å². The lowest BCUT2D eigenvalue weighted by Gasteiger charge is -2.11. The van der Waals surface area contributed by atoms with E-state index in [0.717, 1.165) is 23.6 Å². The number of hydrogen-bond donors (Lipinski definition) is 2. The van der Waals surface area contributed by atoms with E-state index in [1.807, 2.05) is 19.2 Å². The molecule has 0 fully saturated rings. The first-order valence-corrected chi connectivity index (χ1v) is 6.81. The standard InChI is InChI=1S/C16H18N4/c1-11-3-5-14-9-13(4-6-15(14)20-11)10-19-12(2)16-17-7-8-18-16/h3-9,12,19H,10H2,1-2H3,(H,17,18). The number of pyridine rings is 1. The number of aryl methyl sites for hydroxylation is 1. The van der Waals surface area contributed by atoms with Crippen LogP contribution in [0.25, 0.3) is 10.9 Å². The van der Waals surface area contributed by atoms with Gasteiger partial charge in [-0.1, -0.05) is 12.1 Å². The summed E-state index contributed by atoms with van der Waals surface area (Å²) in [7, 11) is 0. The lowest BCUT2D eigenvalue weighted by Crippen LogP contribution is -2.19. The number of nitrogens with one attached hydrogen (secondary N) is 2. The Morgan fingerprint density at radius 2 is 2.15 bits per heavy atom. The molecule has 3 aromatic rings. The van der Waals surface area contributed by atoms with Crippen LogP contribution in [0, 0.1) is 6.92 Å². The number of rotatable bonds is 4. The maximum absolute atomic E-state index is 4.52. The smallest absolute Gasteiger partial charge is 0.122 e. The molecule has 1 atom stereocenters. The quantitative estimate of drug-likeness (QED) is 0.763. The van der Waals surface area contributed by atoms with Gasteiger partial charge in [-0.3, -0.25) is 4.98 Å². The van der Waals surface area contributed by atoms with Crippen LogP contribution >= 0.6 is 0 Å². The third-order valence-electron chi connectivity index (χ3n) is 3.43. The first-order chi connectivity index (χ1) is 9.72. The van der Waals surface area contributed by atoms with Crippen molar-refractivity contribution >= 4 is 10.9 Å². The molecule has 0 aliphatic carbocycles. The number of nitrogens with zero attached hydrogens (tertiary/aromatic N) is 2. The second-order valence-electron chi connectivity index (χ2n) is 5.06. The minimum Gasteiger partial charge on any atom is -0.347 e. The Kier molecular flexibility index (Phi) is 3.48. The van der Waals surface area contributed by atoms with Crippen LogP contribution in [0.1, 0.15) is 30.0 Å². The lowest BCUT2D eigenvalue weighted by atomic mass is 10.1. The van der Waals surface area contributed by atoms with Crippen LogP contribution in [0.2, 0.25) is 0 Å². The van der Waals surface area contributed by atoms with E-state index in [1.165, 1.54) is 10.9 Å². The fourth-order valence-electron chi connectivity index (χ4n) is 2.27. The number of H-pyrrole nitrogens is 1. The number of aromatic nitrogens is 3. The van der Waals surface area contributed by atoms with E-state index in [2.05, 4.69) is 51.5 Å². The molecule has 0 spiro atoms. The van der Waals surface area contributed by atoms with Crippen LogP contribution in [0.15, 0.2) is 42.7 Å². The van der Waals surface area contributed by atoms with Crippen LogP contribution in [0.3, 0.4) is 0 Å². The molecule has 3 rings (SSSR count). The molecule has 0 aliphatic rings. The molecule has 0 saturated heterocycles. The lowest BCUT2D eigenvalue weighted by molar-refractivity contribution is 0.551. The molecule has 0 aliphatic heterocycles. The minimum atomic E-state index is 0.205. The Morgan fingerprint density at radius 1 is 1.25 bits per heavy atom. The molecular formula is C16H18N4. The highest BCUT2D eigenvalue weighted by Crippen LogP contribution is 2.15. The summed E-state index contributed by atoms with van der Waals surface area (Å²) in [6.07, 6.45) is 3.62. The fourth-order valence-corrected chi connectivity index (χ4v) is 2.27. The van der Waals surface area contributed by atoms with E-state index in [4.69, 9.17) is 0 Å². The monoisotopic (exact) mass is 266 g/mol. The van der Waals surface area contributed by atoms with Crippen molar-refractivity contribution in [2.45, 2.75) is 26.4 Å². The van der Waals surface area contributed by atoms with Gasteiger partial charge in [-0.25, -0.2) is 4.98 Å². The first-order valence-electron chi connectivity index (χ1n) is 6.81.